The molecule has 0 bridgehead atoms. The van der Waals surface area contributed by atoms with Crippen molar-refractivity contribution in [2.75, 3.05) is 31.1 Å². The topological polar surface area (TPSA) is 49.3 Å². The molecule has 1 amide bonds. The molecule has 0 atom stereocenters. The van der Waals surface area contributed by atoms with Crippen molar-refractivity contribution >= 4 is 11.7 Å². The van der Waals surface area contributed by atoms with E-state index in [1.807, 2.05) is 0 Å². The molecule has 3 rings (SSSR count). The normalized spacial score (nSPS) is 22.0. The van der Waals surface area contributed by atoms with Gasteiger partial charge in [-0.25, -0.2) is 23.1 Å². The van der Waals surface area contributed by atoms with Crippen molar-refractivity contribution in [3.05, 3.63) is 18.3 Å². The minimum atomic E-state index is -2.66. The lowest BCUT2D eigenvalue weighted by Crippen LogP contribution is -2.56. The molecule has 2 aliphatic rings. The Balaban J connectivity index is 1.55. The molecular formula is C13H15F3N4O. The molecule has 1 aromatic heterocycles. The largest absolute Gasteiger partial charge is 0.352 e. The summed E-state index contributed by atoms with van der Waals surface area (Å²) >= 11 is 0. The first-order valence-electron chi connectivity index (χ1n) is 6.83. The Morgan fingerprint density at radius 2 is 1.95 bits per heavy atom. The van der Waals surface area contributed by atoms with Crippen LogP contribution in [0.15, 0.2) is 12.5 Å². The number of anilines is 1. The summed E-state index contributed by atoms with van der Waals surface area (Å²) in [7, 11) is 0. The Kier molecular flexibility index (Phi) is 3.46. The molecule has 0 N–H and O–H groups in total. The van der Waals surface area contributed by atoms with Crippen LogP contribution in [0.25, 0.3) is 0 Å². The summed E-state index contributed by atoms with van der Waals surface area (Å²) in [5.74, 6) is -3.41. The van der Waals surface area contributed by atoms with E-state index in [1.165, 1.54) is 11.2 Å². The molecule has 3 heterocycles. The van der Waals surface area contributed by atoms with Gasteiger partial charge in [-0.15, -0.1) is 0 Å². The molecule has 0 saturated carbocycles. The van der Waals surface area contributed by atoms with Gasteiger partial charge in [0.25, 0.3) is 5.92 Å². The molecule has 2 fully saturated rings. The second kappa shape index (κ2) is 5.16. The standard InChI is InChI=1S/C13H15F3N4O/c14-10-5-17-8-18-11(10)20-6-9(7-20)12(21)19-3-1-13(15,16)2-4-19/h5,8-9H,1-4,6-7H2. The molecule has 2 saturated heterocycles. The maximum atomic E-state index is 13.5. The summed E-state index contributed by atoms with van der Waals surface area (Å²) in [5.41, 5.74) is 0. The van der Waals surface area contributed by atoms with Crippen LogP contribution in [0.2, 0.25) is 0 Å². The van der Waals surface area contributed by atoms with Crippen LogP contribution >= 0.6 is 0 Å². The van der Waals surface area contributed by atoms with Crippen LogP contribution in [-0.4, -0.2) is 52.9 Å². The molecule has 0 unspecified atom stereocenters. The first kappa shape index (κ1) is 14.1. The average molecular weight is 300 g/mol. The summed E-state index contributed by atoms with van der Waals surface area (Å²) in [4.78, 5) is 22.7. The number of hydrogen-bond donors (Lipinski definition) is 0. The smallest absolute Gasteiger partial charge is 0.251 e. The number of carbonyl (C=O) groups excluding carboxylic acids is 1. The molecule has 5 nitrogen and oxygen atoms in total. The number of nitrogens with zero attached hydrogens (tertiary/aromatic N) is 4. The Morgan fingerprint density at radius 3 is 2.57 bits per heavy atom. The SMILES string of the molecule is O=C(C1CN(c2ncncc2F)C1)N1CCC(F)(F)CC1. The van der Waals surface area contributed by atoms with Crippen LogP contribution in [0.1, 0.15) is 12.8 Å². The third kappa shape index (κ3) is 2.79. The van der Waals surface area contributed by atoms with Crippen LogP contribution in [0.3, 0.4) is 0 Å². The lowest BCUT2D eigenvalue weighted by atomic mass is 9.96. The highest BCUT2D eigenvalue weighted by molar-refractivity contribution is 5.82. The number of piperidine rings is 1. The highest BCUT2D eigenvalue weighted by Gasteiger charge is 2.41. The summed E-state index contributed by atoms with van der Waals surface area (Å²) < 4.78 is 39.6. The third-order valence-electron chi connectivity index (χ3n) is 3.99. The number of amides is 1. The van der Waals surface area contributed by atoms with Gasteiger partial charge in [-0.3, -0.25) is 4.79 Å². The minimum absolute atomic E-state index is 0.0875. The Labute approximate surface area is 119 Å². The third-order valence-corrected chi connectivity index (χ3v) is 3.99. The fraction of sp³-hybridized carbons (Fsp3) is 0.615. The maximum Gasteiger partial charge on any atom is 0.251 e. The van der Waals surface area contributed by atoms with Gasteiger partial charge < -0.3 is 9.80 Å². The highest BCUT2D eigenvalue weighted by atomic mass is 19.3. The molecule has 2 aliphatic heterocycles. The minimum Gasteiger partial charge on any atom is -0.352 e. The Morgan fingerprint density at radius 1 is 1.29 bits per heavy atom. The van der Waals surface area contributed by atoms with Gasteiger partial charge in [-0.05, 0) is 0 Å². The predicted molar refractivity (Wildman–Crippen MR) is 68.5 cm³/mol. The van der Waals surface area contributed by atoms with E-state index in [0.29, 0.717) is 13.1 Å². The maximum absolute atomic E-state index is 13.5. The van der Waals surface area contributed by atoms with E-state index in [2.05, 4.69) is 9.97 Å². The monoisotopic (exact) mass is 300 g/mol. The van der Waals surface area contributed by atoms with Crippen LogP contribution in [0.4, 0.5) is 19.0 Å². The molecular weight excluding hydrogens is 285 g/mol. The highest BCUT2D eigenvalue weighted by Crippen LogP contribution is 2.30. The van der Waals surface area contributed by atoms with Gasteiger partial charge in [0.2, 0.25) is 5.91 Å². The van der Waals surface area contributed by atoms with Crippen molar-refractivity contribution in [3.8, 4) is 0 Å². The Bertz CT molecular complexity index is 538. The predicted octanol–water partition coefficient (Wildman–Crippen LogP) is 1.31. The van der Waals surface area contributed by atoms with E-state index in [4.69, 9.17) is 0 Å². The van der Waals surface area contributed by atoms with Crippen LogP contribution < -0.4 is 4.90 Å². The second-order valence-corrected chi connectivity index (χ2v) is 5.48. The van der Waals surface area contributed by atoms with Gasteiger partial charge >= 0.3 is 0 Å². The molecule has 0 radical (unpaired) electrons. The van der Waals surface area contributed by atoms with Crippen LogP contribution in [-0.2, 0) is 4.79 Å². The van der Waals surface area contributed by atoms with Crippen molar-refractivity contribution in [2.24, 2.45) is 5.92 Å². The van der Waals surface area contributed by atoms with Crippen LogP contribution in [0, 0.1) is 11.7 Å². The van der Waals surface area contributed by atoms with Crippen molar-refractivity contribution < 1.29 is 18.0 Å². The number of rotatable bonds is 2. The van der Waals surface area contributed by atoms with Gasteiger partial charge in [-0.1, -0.05) is 0 Å². The number of halogens is 3. The lowest BCUT2D eigenvalue weighted by molar-refractivity contribution is -0.142. The second-order valence-electron chi connectivity index (χ2n) is 5.48. The summed E-state index contributed by atoms with van der Waals surface area (Å²) in [5, 5.41) is 0. The van der Waals surface area contributed by atoms with Gasteiger partial charge in [0, 0.05) is 39.0 Å². The fourth-order valence-electron chi connectivity index (χ4n) is 2.66. The summed E-state index contributed by atoms with van der Waals surface area (Å²) in [6.45, 7) is 0.897. The molecule has 0 aliphatic carbocycles. The first-order valence-corrected chi connectivity index (χ1v) is 6.83. The van der Waals surface area contributed by atoms with Gasteiger partial charge in [0.15, 0.2) is 11.6 Å². The van der Waals surface area contributed by atoms with Crippen molar-refractivity contribution in [2.45, 2.75) is 18.8 Å². The van der Waals surface area contributed by atoms with E-state index in [-0.39, 0.29) is 43.6 Å². The van der Waals surface area contributed by atoms with Gasteiger partial charge in [0.1, 0.15) is 6.33 Å². The van der Waals surface area contributed by atoms with E-state index in [9.17, 15) is 18.0 Å². The zero-order chi connectivity index (χ0) is 15.0. The summed E-state index contributed by atoms with van der Waals surface area (Å²) in [6.07, 6.45) is 1.76. The summed E-state index contributed by atoms with van der Waals surface area (Å²) in [6, 6.07) is 0. The average Bonchev–Trinajstić information content (AvgIpc) is 2.39. The number of carbonyl (C=O) groups is 1. The van der Waals surface area contributed by atoms with Gasteiger partial charge in [-0.2, -0.15) is 0 Å². The van der Waals surface area contributed by atoms with Gasteiger partial charge in [0.05, 0.1) is 12.1 Å². The van der Waals surface area contributed by atoms with Crippen molar-refractivity contribution in [1.29, 1.82) is 0 Å². The lowest BCUT2D eigenvalue weighted by Gasteiger charge is -2.42. The van der Waals surface area contributed by atoms with E-state index < -0.39 is 11.7 Å². The quantitative estimate of drug-likeness (QED) is 0.826. The van der Waals surface area contributed by atoms with E-state index in [1.54, 1.807) is 4.90 Å². The van der Waals surface area contributed by atoms with Crippen molar-refractivity contribution in [3.63, 3.8) is 0 Å². The fourth-order valence-corrected chi connectivity index (χ4v) is 2.66. The molecule has 21 heavy (non-hydrogen) atoms. The number of likely N-dealkylation sites (tertiary alicyclic amines) is 1. The van der Waals surface area contributed by atoms with Crippen LogP contribution in [0.5, 0.6) is 0 Å². The number of aromatic nitrogens is 2. The van der Waals surface area contributed by atoms with E-state index >= 15 is 0 Å². The van der Waals surface area contributed by atoms with Crippen molar-refractivity contribution in [1.82, 2.24) is 14.9 Å². The molecule has 8 heteroatoms. The molecule has 1 aromatic rings. The Hall–Kier alpha value is -1.86. The zero-order valence-corrected chi connectivity index (χ0v) is 11.3. The molecule has 114 valence electrons. The number of hydrogen-bond acceptors (Lipinski definition) is 4. The first-order chi connectivity index (χ1) is 9.96. The molecule has 0 aromatic carbocycles. The number of alkyl halides is 2. The molecule has 0 spiro atoms. The van der Waals surface area contributed by atoms with E-state index in [0.717, 1.165) is 6.20 Å². The zero-order valence-electron chi connectivity index (χ0n) is 11.3.